The molecule has 1 unspecified atom stereocenters. The number of hydrogen-bond acceptors (Lipinski definition) is 4. The number of H-pyrrole nitrogens is 2. The third-order valence-electron chi connectivity index (χ3n) is 3.55. The molecule has 0 amide bonds. The lowest BCUT2D eigenvalue weighted by Gasteiger charge is -2.15. The van der Waals surface area contributed by atoms with Gasteiger partial charge in [-0.15, -0.1) is 0 Å². The van der Waals surface area contributed by atoms with E-state index in [1.54, 1.807) is 6.20 Å². The van der Waals surface area contributed by atoms with E-state index in [2.05, 4.69) is 20.2 Å². The van der Waals surface area contributed by atoms with Gasteiger partial charge in [-0.1, -0.05) is 11.6 Å². The fourth-order valence-corrected chi connectivity index (χ4v) is 2.68. The summed E-state index contributed by atoms with van der Waals surface area (Å²) in [7, 11) is 0. The van der Waals surface area contributed by atoms with E-state index in [0.29, 0.717) is 16.6 Å². The molecule has 126 valence electrons. The smallest absolute Gasteiger partial charge is 0.340 e. The third-order valence-corrected chi connectivity index (χ3v) is 3.85. The predicted molar refractivity (Wildman–Crippen MR) is 91.5 cm³/mol. The van der Waals surface area contributed by atoms with Gasteiger partial charge < -0.3 is 9.30 Å². The first kappa shape index (κ1) is 16.3. The maximum Gasteiger partial charge on any atom is 0.340 e. The van der Waals surface area contributed by atoms with Crippen LogP contribution in [0.25, 0.3) is 11.4 Å². The summed E-state index contributed by atoms with van der Waals surface area (Å²) in [6, 6.07) is 5.37. The number of rotatable bonds is 5. The van der Waals surface area contributed by atoms with Crippen LogP contribution in [-0.4, -0.2) is 30.8 Å². The minimum Gasteiger partial charge on any atom is -0.489 e. The number of nitrogens with zero attached hydrogens (tertiary/aromatic N) is 3. The molecular formula is C16H18ClN5O2. The van der Waals surface area contributed by atoms with Gasteiger partial charge >= 0.3 is 5.69 Å². The highest BCUT2D eigenvalue weighted by atomic mass is 35.5. The molecule has 0 aliphatic rings. The van der Waals surface area contributed by atoms with Crippen LogP contribution in [0.3, 0.4) is 0 Å². The molecular weight excluding hydrogens is 330 g/mol. The lowest BCUT2D eigenvalue weighted by Crippen LogP contribution is -2.11. The van der Waals surface area contributed by atoms with Crippen LogP contribution in [-0.2, 0) is 0 Å². The quantitative estimate of drug-likeness (QED) is 0.742. The molecule has 0 aliphatic heterocycles. The van der Waals surface area contributed by atoms with Crippen LogP contribution in [0.2, 0.25) is 5.02 Å². The van der Waals surface area contributed by atoms with Crippen molar-refractivity contribution < 1.29 is 4.74 Å². The SMILES string of the molecule is CC(C)Oc1ccc(-c2nccn2C(C)c2n[nH]c(=O)[nH]2)cc1Cl. The number of nitrogens with one attached hydrogen (secondary N) is 2. The zero-order valence-corrected chi connectivity index (χ0v) is 14.3. The summed E-state index contributed by atoms with van der Waals surface area (Å²) < 4.78 is 7.57. The maximum absolute atomic E-state index is 11.3. The standard InChI is InChI=1S/C16H18ClN5O2/c1-9(2)24-13-5-4-11(8-12(13)17)15-18-6-7-22(15)10(3)14-19-16(23)21-20-14/h4-10H,1-3H3,(H2,19,20,21,23). The topological polar surface area (TPSA) is 88.6 Å². The lowest BCUT2D eigenvalue weighted by molar-refractivity contribution is 0.242. The zero-order valence-electron chi connectivity index (χ0n) is 13.6. The van der Waals surface area contributed by atoms with E-state index in [4.69, 9.17) is 16.3 Å². The molecule has 2 heterocycles. The molecule has 0 bridgehead atoms. The number of halogens is 1. The summed E-state index contributed by atoms with van der Waals surface area (Å²) in [6.07, 6.45) is 3.58. The second-order valence-electron chi connectivity index (χ2n) is 5.71. The Morgan fingerprint density at radius 2 is 2.08 bits per heavy atom. The lowest BCUT2D eigenvalue weighted by atomic mass is 10.2. The van der Waals surface area contributed by atoms with Crippen molar-refractivity contribution in [2.45, 2.75) is 32.9 Å². The summed E-state index contributed by atoms with van der Waals surface area (Å²) in [5, 5.41) is 6.88. The zero-order chi connectivity index (χ0) is 17.3. The number of aromatic nitrogens is 5. The van der Waals surface area contributed by atoms with E-state index in [-0.39, 0.29) is 17.8 Å². The van der Waals surface area contributed by atoms with Crippen molar-refractivity contribution in [3.05, 3.63) is 51.9 Å². The number of imidazole rings is 1. The van der Waals surface area contributed by atoms with Crippen LogP contribution in [0.5, 0.6) is 5.75 Å². The highest BCUT2D eigenvalue weighted by Gasteiger charge is 2.17. The second-order valence-corrected chi connectivity index (χ2v) is 6.12. The van der Waals surface area contributed by atoms with Gasteiger partial charge in [-0.2, -0.15) is 5.10 Å². The second kappa shape index (κ2) is 6.52. The largest absolute Gasteiger partial charge is 0.489 e. The van der Waals surface area contributed by atoms with Crippen molar-refractivity contribution in [1.82, 2.24) is 24.7 Å². The van der Waals surface area contributed by atoms with Crippen LogP contribution >= 0.6 is 11.6 Å². The number of benzene rings is 1. The molecule has 0 saturated heterocycles. The Morgan fingerprint density at radius 1 is 1.29 bits per heavy atom. The van der Waals surface area contributed by atoms with Gasteiger partial charge in [0.1, 0.15) is 11.6 Å². The summed E-state index contributed by atoms with van der Waals surface area (Å²) in [4.78, 5) is 18.3. The maximum atomic E-state index is 11.3. The van der Waals surface area contributed by atoms with Crippen molar-refractivity contribution >= 4 is 11.6 Å². The van der Waals surface area contributed by atoms with E-state index in [1.165, 1.54) is 0 Å². The van der Waals surface area contributed by atoms with Gasteiger partial charge in [0.05, 0.1) is 17.2 Å². The fourth-order valence-electron chi connectivity index (χ4n) is 2.45. The predicted octanol–water partition coefficient (Wildman–Crippen LogP) is 3.01. The molecule has 0 fully saturated rings. The molecule has 0 aliphatic carbocycles. The summed E-state index contributed by atoms with van der Waals surface area (Å²) >= 11 is 6.32. The summed E-state index contributed by atoms with van der Waals surface area (Å²) in [6.45, 7) is 5.82. The molecule has 1 aromatic carbocycles. The molecule has 3 rings (SSSR count). The molecule has 24 heavy (non-hydrogen) atoms. The summed E-state index contributed by atoms with van der Waals surface area (Å²) in [5.41, 5.74) is 0.516. The highest BCUT2D eigenvalue weighted by molar-refractivity contribution is 6.32. The first-order valence-corrected chi connectivity index (χ1v) is 7.97. The van der Waals surface area contributed by atoms with E-state index in [1.807, 2.05) is 49.7 Å². The van der Waals surface area contributed by atoms with Crippen molar-refractivity contribution in [3.8, 4) is 17.1 Å². The van der Waals surface area contributed by atoms with E-state index >= 15 is 0 Å². The third kappa shape index (κ3) is 3.21. The van der Waals surface area contributed by atoms with Gasteiger partial charge in [-0.25, -0.2) is 14.9 Å². The average molecular weight is 348 g/mol. The Balaban J connectivity index is 1.95. The average Bonchev–Trinajstić information content (AvgIpc) is 3.17. The molecule has 0 saturated carbocycles. The van der Waals surface area contributed by atoms with Crippen LogP contribution in [0.15, 0.2) is 35.4 Å². The van der Waals surface area contributed by atoms with E-state index < -0.39 is 0 Å². The molecule has 2 N–H and O–H groups in total. The minimum atomic E-state index is -0.336. The fraction of sp³-hybridized carbons (Fsp3) is 0.312. The monoisotopic (exact) mass is 347 g/mol. The van der Waals surface area contributed by atoms with Crippen molar-refractivity contribution in [2.24, 2.45) is 0 Å². The van der Waals surface area contributed by atoms with Crippen molar-refractivity contribution in [1.29, 1.82) is 0 Å². The molecule has 2 aromatic heterocycles. The van der Waals surface area contributed by atoms with E-state index in [9.17, 15) is 4.79 Å². The van der Waals surface area contributed by atoms with Gasteiger partial charge in [0.15, 0.2) is 5.82 Å². The van der Waals surface area contributed by atoms with Crippen LogP contribution in [0.1, 0.15) is 32.6 Å². The number of hydrogen-bond donors (Lipinski definition) is 2. The molecule has 3 aromatic rings. The van der Waals surface area contributed by atoms with Crippen molar-refractivity contribution in [3.63, 3.8) is 0 Å². The van der Waals surface area contributed by atoms with Gasteiger partial charge in [-0.05, 0) is 39.0 Å². The van der Waals surface area contributed by atoms with Crippen LogP contribution in [0.4, 0.5) is 0 Å². The van der Waals surface area contributed by atoms with Crippen LogP contribution < -0.4 is 10.4 Å². The molecule has 7 nitrogen and oxygen atoms in total. The Bertz CT molecular complexity index is 896. The molecule has 1 atom stereocenters. The number of ether oxygens (including phenoxy) is 1. The van der Waals surface area contributed by atoms with Gasteiger partial charge in [0.2, 0.25) is 0 Å². The molecule has 8 heteroatoms. The first-order chi connectivity index (χ1) is 11.5. The van der Waals surface area contributed by atoms with Crippen LogP contribution in [0, 0.1) is 0 Å². The Labute approximate surface area is 143 Å². The normalized spacial score (nSPS) is 12.5. The minimum absolute atomic E-state index is 0.0480. The van der Waals surface area contributed by atoms with Gasteiger partial charge in [0, 0.05) is 18.0 Å². The Hall–Kier alpha value is -2.54. The van der Waals surface area contributed by atoms with Gasteiger partial charge in [-0.3, -0.25) is 4.98 Å². The van der Waals surface area contributed by atoms with Gasteiger partial charge in [0.25, 0.3) is 0 Å². The Morgan fingerprint density at radius 3 is 2.71 bits per heavy atom. The first-order valence-electron chi connectivity index (χ1n) is 7.59. The number of aromatic amines is 2. The Kier molecular flexibility index (Phi) is 4.44. The van der Waals surface area contributed by atoms with E-state index in [0.717, 1.165) is 11.4 Å². The molecule has 0 spiro atoms. The highest BCUT2D eigenvalue weighted by Crippen LogP contribution is 2.31. The molecule has 0 radical (unpaired) electrons. The summed E-state index contributed by atoms with van der Waals surface area (Å²) in [5.74, 6) is 1.90. The van der Waals surface area contributed by atoms with Crippen molar-refractivity contribution in [2.75, 3.05) is 0 Å².